The number of benzene rings is 1. The number of rotatable bonds is 4. The minimum Gasteiger partial charge on any atom is -0.349 e. The SMILES string of the molecule is C[C@@H](NC(=O)c1cnn(-c2ccccc2)c1)[C@@H]1C[C@H]2CC[C@H]1C2. The minimum absolute atomic E-state index is 0.0116. The summed E-state index contributed by atoms with van der Waals surface area (Å²) >= 11 is 0. The fourth-order valence-corrected chi connectivity index (χ4v) is 4.47. The van der Waals surface area contributed by atoms with E-state index in [-0.39, 0.29) is 11.9 Å². The van der Waals surface area contributed by atoms with Gasteiger partial charge in [0.1, 0.15) is 0 Å². The summed E-state index contributed by atoms with van der Waals surface area (Å²) in [5, 5.41) is 7.50. The molecule has 1 heterocycles. The summed E-state index contributed by atoms with van der Waals surface area (Å²) in [4.78, 5) is 12.5. The van der Waals surface area contributed by atoms with E-state index in [9.17, 15) is 4.79 Å². The summed E-state index contributed by atoms with van der Waals surface area (Å²) in [5.74, 6) is 2.37. The van der Waals surface area contributed by atoms with Crippen LogP contribution in [0.5, 0.6) is 0 Å². The molecule has 2 bridgehead atoms. The van der Waals surface area contributed by atoms with Crippen LogP contribution in [-0.4, -0.2) is 21.7 Å². The first kappa shape index (κ1) is 14.5. The zero-order chi connectivity index (χ0) is 15.8. The van der Waals surface area contributed by atoms with E-state index in [1.807, 2.05) is 30.3 Å². The molecule has 2 aliphatic carbocycles. The summed E-state index contributed by atoms with van der Waals surface area (Å²) in [6.07, 6.45) is 8.85. The molecule has 4 nitrogen and oxygen atoms in total. The van der Waals surface area contributed by atoms with Crippen LogP contribution in [0.1, 0.15) is 43.0 Å². The van der Waals surface area contributed by atoms with E-state index < -0.39 is 0 Å². The van der Waals surface area contributed by atoms with Crippen LogP contribution in [-0.2, 0) is 0 Å². The van der Waals surface area contributed by atoms with Crippen molar-refractivity contribution in [2.75, 3.05) is 0 Å². The molecule has 0 aliphatic heterocycles. The Morgan fingerprint density at radius 1 is 1.26 bits per heavy atom. The highest BCUT2D eigenvalue weighted by atomic mass is 16.1. The Labute approximate surface area is 136 Å². The molecular weight excluding hydrogens is 286 g/mol. The molecule has 0 radical (unpaired) electrons. The first-order valence-electron chi connectivity index (χ1n) is 8.61. The number of fused-ring (bicyclic) bond motifs is 2. The third kappa shape index (κ3) is 2.78. The lowest BCUT2D eigenvalue weighted by Crippen LogP contribution is -2.40. The van der Waals surface area contributed by atoms with Gasteiger partial charge in [-0.25, -0.2) is 4.68 Å². The van der Waals surface area contributed by atoms with Gasteiger partial charge in [0.05, 0.1) is 17.4 Å². The van der Waals surface area contributed by atoms with Gasteiger partial charge >= 0.3 is 0 Å². The van der Waals surface area contributed by atoms with Crippen LogP contribution in [0.3, 0.4) is 0 Å². The lowest BCUT2D eigenvalue weighted by atomic mass is 9.84. The Bertz CT molecular complexity index is 694. The van der Waals surface area contributed by atoms with E-state index in [4.69, 9.17) is 0 Å². The first-order chi connectivity index (χ1) is 11.2. The van der Waals surface area contributed by atoms with Crippen LogP contribution in [0.2, 0.25) is 0 Å². The fraction of sp³-hybridized carbons (Fsp3) is 0.474. The van der Waals surface area contributed by atoms with Gasteiger partial charge in [0.25, 0.3) is 5.91 Å². The van der Waals surface area contributed by atoms with Gasteiger partial charge in [0.2, 0.25) is 0 Å². The molecule has 2 aromatic rings. The third-order valence-corrected chi connectivity index (χ3v) is 5.66. The molecule has 1 N–H and O–H groups in total. The third-order valence-electron chi connectivity index (χ3n) is 5.66. The minimum atomic E-state index is -0.0116. The lowest BCUT2D eigenvalue weighted by Gasteiger charge is -2.28. The van der Waals surface area contributed by atoms with Gasteiger partial charge in [0, 0.05) is 12.2 Å². The van der Waals surface area contributed by atoms with Gasteiger partial charge in [0.15, 0.2) is 0 Å². The second kappa shape index (κ2) is 5.84. The molecule has 0 unspecified atom stereocenters. The van der Waals surface area contributed by atoms with Gasteiger partial charge in [-0.15, -0.1) is 0 Å². The van der Waals surface area contributed by atoms with E-state index in [2.05, 4.69) is 17.3 Å². The van der Waals surface area contributed by atoms with E-state index in [0.29, 0.717) is 11.5 Å². The van der Waals surface area contributed by atoms with Crippen LogP contribution in [0.4, 0.5) is 0 Å². The van der Waals surface area contributed by atoms with E-state index >= 15 is 0 Å². The van der Waals surface area contributed by atoms with Crippen molar-refractivity contribution >= 4 is 5.91 Å². The Morgan fingerprint density at radius 2 is 2.09 bits per heavy atom. The van der Waals surface area contributed by atoms with E-state index in [1.165, 1.54) is 25.7 Å². The Morgan fingerprint density at radius 3 is 2.78 bits per heavy atom. The van der Waals surface area contributed by atoms with E-state index in [1.54, 1.807) is 17.1 Å². The molecule has 4 heteroatoms. The molecule has 4 atom stereocenters. The van der Waals surface area contributed by atoms with Crippen LogP contribution in [0, 0.1) is 17.8 Å². The molecule has 1 amide bonds. The number of nitrogens with zero attached hydrogens (tertiary/aromatic N) is 2. The van der Waals surface area contributed by atoms with Crippen molar-refractivity contribution in [2.24, 2.45) is 17.8 Å². The fourth-order valence-electron chi connectivity index (χ4n) is 4.47. The average molecular weight is 309 g/mol. The lowest BCUT2D eigenvalue weighted by molar-refractivity contribution is 0.0915. The van der Waals surface area contributed by atoms with Gasteiger partial charge in [-0.2, -0.15) is 5.10 Å². The van der Waals surface area contributed by atoms with Crippen molar-refractivity contribution in [3.8, 4) is 5.69 Å². The van der Waals surface area contributed by atoms with Crippen LogP contribution in [0.15, 0.2) is 42.7 Å². The predicted octanol–water partition coefficient (Wildman–Crippen LogP) is 3.43. The van der Waals surface area contributed by atoms with Crippen molar-refractivity contribution < 1.29 is 4.79 Å². The summed E-state index contributed by atoms with van der Waals surface area (Å²) < 4.78 is 1.75. The number of para-hydroxylation sites is 1. The topological polar surface area (TPSA) is 46.9 Å². The molecule has 1 aromatic heterocycles. The maximum absolute atomic E-state index is 12.5. The molecular formula is C19H23N3O. The van der Waals surface area contributed by atoms with Gasteiger partial charge in [-0.3, -0.25) is 4.79 Å². The highest BCUT2D eigenvalue weighted by Gasteiger charge is 2.42. The number of hydrogen-bond donors (Lipinski definition) is 1. The monoisotopic (exact) mass is 309 g/mol. The quantitative estimate of drug-likeness (QED) is 0.940. The Kier molecular flexibility index (Phi) is 3.68. The van der Waals surface area contributed by atoms with Crippen molar-refractivity contribution in [3.05, 3.63) is 48.3 Å². The summed E-state index contributed by atoms with van der Waals surface area (Å²) in [6, 6.07) is 10.1. The standard InChI is InChI=1S/C19H23N3O/c1-13(18-10-14-7-8-15(18)9-14)21-19(23)16-11-20-22(12-16)17-5-3-2-4-6-17/h2-6,11-15,18H,7-10H2,1H3,(H,21,23)/t13-,14+,15+,18+/m1/s1. The zero-order valence-corrected chi connectivity index (χ0v) is 13.5. The first-order valence-corrected chi connectivity index (χ1v) is 8.61. The number of carbonyl (C=O) groups excluding carboxylic acids is 1. The summed E-state index contributed by atoms with van der Waals surface area (Å²) in [7, 11) is 0. The highest BCUT2D eigenvalue weighted by molar-refractivity contribution is 5.94. The number of carbonyl (C=O) groups is 1. The molecule has 2 fully saturated rings. The van der Waals surface area contributed by atoms with Gasteiger partial charge in [-0.05, 0) is 56.1 Å². The number of amides is 1. The highest BCUT2D eigenvalue weighted by Crippen LogP contribution is 2.49. The number of nitrogens with one attached hydrogen (secondary N) is 1. The van der Waals surface area contributed by atoms with Crippen molar-refractivity contribution in [1.29, 1.82) is 0 Å². The maximum atomic E-state index is 12.5. The van der Waals surface area contributed by atoms with Gasteiger partial charge < -0.3 is 5.32 Å². The Hall–Kier alpha value is -2.10. The summed E-state index contributed by atoms with van der Waals surface area (Å²) in [5.41, 5.74) is 1.59. The van der Waals surface area contributed by atoms with Crippen molar-refractivity contribution in [1.82, 2.24) is 15.1 Å². The van der Waals surface area contributed by atoms with E-state index in [0.717, 1.165) is 17.5 Å². The maximum Gasteiger partial charge on any atom is 0.254 e. The number of aromatic nitrogens is 2. The second-order valence-electron chi connectivity index (χ2n) is 7.11. The zero-order valence-electron chi connectivity index (χ0n) is 13.5. The molecule has 2 saturated carbocycles. The molecule has 0 saturated heterocycles. The largest absolute Gasteiger partial charge is 0.349 e. The molecule has 2 aliphatic rings. The Balaban J connectivity index is 1.42. The predicted molar refractivity (Wildman–Crippen MR) is 89.4 cm³/mol. The van der Waals surface area contributed by atoms with Crippen molar-refractivity contribution in [3.63, 3.8) is 0 Å². The smallest absolute Gasteiger partial charge is 0.254 e. The van der Waals surface area contributed by atoms with Crippen LogP contribution in [0.25, 0.3) is 5.69 Å². The average Bonchev–Trinajstić information content (AvgIpc) is 3.31. The van der Waals surface area contributed by atoms with Crippen LogP contribution < -0.4 is 5.32 Å². The molecule has 120 valence electrons. The molecule has 23 heavy (non-hydrogen) atoms. The molecule has 4 rings (SSSR count). The summed E-state index contributed by atoms with van der Waals surface area (Å²) in [6.45, 7) is 2.16. The van der Waals surface area contributed by atoms with Crippen LogP contribution >= 0.6 is 0 Å². The number of hydrogen-bond acceptors (Lipinski definition) is 2. The normalized spacial score (nSPS) is 27.1. The van der Waals surface area contributed by atoms with Gasteiger partial charge in [-0.1, -0.05) is 24.6 Å². The van der Waals surface area contributed by atoms with Crippen molar-refractivity contribution in [2.45, 2.75) is 38.6 Å². The molecule has 0 spiro atoms. The second-order valence-corrected chi connectivity index (χ2v) is 7.11. The molecule has 1 aromatic carbocycles.